The van der Waals surface area contributed by atoms with Gasteiger partial charge in [-0.3, -0.25) is 10.1 Å². The number of carbonyl (C=O) groups is 4. The van der Waals surface area contributed by atoms with Crippen LogP contribution in [-0.4, -0.2) is 187 Å². The number of phenols is 1. The van der Waals surface area contributed by atoms with Crippen LogP contribution in [0.2, 0.25) is 0 Å². The number of esters is 1. The van der Waals surface area contributed by atoms with Crippen molar-refractivity contribution in [2.45, 2.75) is 106 Å². The van der Waals surface area contributed by atoms with E-state index in [-0.39, 0.29) is 53.5 Å². The minimum absolute atomic E-state index is 0.0265. The number of aryl methyl sites for hydroxylation is 2. The fourth-order valence-corrected chi connectivity index (χ4v) is 10.6. The summed E-state index contributed by atoms with van der Waals surface area (Å²) in [5, 5.41) is 106. The second kappa shape index (κ2) is 26.0. The Morgan fingerprint density at radius 3 is 2.40 bits per heavy atom. The fourth-order valence-electron chi connectivity index (χ4n) is 10.6. The van der Waals surface area contributed by atoms with E-state index in [4.69, 9.17) is 29.2 Å². The van der Waals surface area contributed by atoms with E-state index in [1.165, 1.54) is 59.7 Å². The second-order valence-corrected chi connectivity index (χ2v) is 20.4. The first-order valence-electron chi connectivity index (χ1n) is 26.5. The van der Waals surface area contributed by atoms with Gasteiger partial charge in [-0.15, -0.1) is 0 Å². The Morgan fingerprint density at radius 2 is 1.74 bits per heavy atom. The first-order chi connectivity index (χ1) is 39.3. The largest absolute Gasteiger partial charge is 0.508 e. The van der Waals surface area contributed by atoms with E-state index < -0.39 is 110 Å². The summed E-state index contributed by atoms with van der Waals surface area (Å²) in [5.74, 6) is -4.67. The number of carboxylic acid groups (broad SMARTS) is 1. The number of aromatic hydroxyl groups is 1. The minimum atomic E-state index is -3.51. The Labute approximate surface area is 468 Å². The molecule has 2 fully saturated rings. The predicted octanol–water partition coefficient (Wildman–Crippen LogP) is -0.402. The molecular formula is C56H68N8O18. The van der Waals surface area contributed by atoms with Gasteiger partial charge in [0, 0.05) is 55.4 Å². The number of aliphatic carboxylic acids is 1. The third kappa shape index (κ3) is 12.5. The number of nitrogens with one attached hydrogen (secondary N) is 5. The lowest BCUT2D eigenvalue weighted by Gasteiger charge is -2.59. The summed E-state index contributed by atoms with van der Waals surface area (Å²) in [6.07, 6.45) is -4.06. The van der Waals surface area contributed by atoms with Gasteiger partial charge in [-0.2, -0.15) is 4.73 Å². The number of fused-ring (bicyclic) bond motifs is 2. The Kier molecular flexibility index (Phi) is 19.1. The zero-order chi connectivity index (χ0) is 58.9. The van der Waals surface area contributed by atoms with Crippen molar-refractivity contribution in [1.82, 2.24) is 31.0 Å². The Balaban J connectivity index is 1.33. The number of carbonyl (C=O) groups excluding carboxylic acids is 3. The number of carboxylic acids is 1. The number of aldehydes is 2. The van der Waals surface area contributed by atoms with Gasteiger partial charge in [0.2, 0.25) is 24.2 Å². The molecule has 2 aliphatic heterocycles. The van der Waals surface area contributed by atoms with Crippen molar-refractivity contribution in [1.29, 1.82) is 0 Å². The van der Waals surface area contributed by atoms with Crippen molar-refractivity contribution in [3.05, 3.63) is 107 Å². The van der Waals surface area contributed by atoms with Crippen LogP contribution in [0.15, 0.2) is 99.6 Å². The molecule has 0 aliphatic carbocycles. The molecule has 0 saturated carbocycles. The predicted molar refractivity (Wildman–Crippen MR) is 294 cm³/mol. The smallest absolute Gasteiger partial charge is 0.337 e. The van der Waals surface area contributed by atoms with Crippen LogP contribution in [0.5, 0.6) is 11.5 Å². The highest BCUT2D eigenvalue weighted by molar-refractivity contribution is 5.98. The molecule has 0 radical (unpaired) electrons. The van der Waals surface area contributed by atoms with Crippen molar-refractivity contribution in [3.8, 4) is 33.9 Å². The van der Waals surface area contributed by atoms with Crippen molar-refractivity contribution in [2.75, 3.05) is 46.0 Å². The summed E-state index contributed by atoms with van der Waals surface area (Å²) >= 11 is 0. The SMILES string of the molecule is Cc1cc(C)cc(-c2c3[nH]ccc3cn2O[C@@H]2[C@@H](Oc3ccc4c(=O)c(-c5ccc(O)cc5)coc4c3)O[C@@H]([C@](CO)(NC(N)=N[C@H](C=O)CNC3CCNCC3)OC(=O)[C@H](NCCC=O)C(=O)O)[C@@](O)(CO)[C@]2(O)[C@H](O)CCCO)c1. The molecule has 0 spiro atoms. The van der Waals surface area contributed by atoms with E-state index in [2.05, 4.69) is 31.2 Å². The van der Waals surface area contributed by atoms with Gasteiger partial charge in [0.15, 0.2) is 28.7 Å². The molecular weight excluding hydrogens is 1070 g/mol. The molecule has 26 nitrogen and oxygen atoms in total. The molecule has 3 aromatic carbocycles. The molecule has 440 valence electrons. The second-order valence-electron chi connectivity index (χ2n) is 20.4. The number of ether oxygens (including phenoxy) is 3. The number of hydrogen-bond donors (Lipinski definition) is 14. The van der Waals surface area contributed by atoms with Gasteiger partial charge in [0.05, 0.1) is 35.4 Å². The van der Waals surface area contributed by atoms with E-state index in [1.807, 2.05) is 32.0 Å². The molecule has 26 heteroatoms. The fraction of sp³-hybridized carbons (Fsp3) is 0.429. The first-order valence-corrected chi connectivity index (χ1v) is 26.5. The van der Waals surface area contributed by atoms with Crippen LogP contribution in [-0.2, 0) is 28.7 Å². The van der Waals surface area contributed by atoms with Crippen LogP contribution in [0.3, 0.4) is 0 Å². The number of aliphatic hydroxyl groups excluding tert-OH is 4. The third-order valence-electron chi connectivity index (χ3n) is 14.6. The van der Waals surface area contributed by atoms with E-state index in [0.717, 1.165) is 11.1 Å². The van der Waals surface area contributed by atoms with Crippen molar-refractivity contribution in [2.24, 2.45) is 10.7 Å². The highest BCUT2D eigenvalue weighted by Crippen LogP contribution is 2.47. The van der Waals surface area contributed by atoms with Gasteiger partial charge >= 0.3 is 11.9 Å². The molecule has 6 aromatic rings. The number of guanidine groups is 1. The number of phenolic OH excluding ortho intramolecular Hbond substituents is 1. The van der Waals surface area contributed by atoms with Gasteiger partial charge < -0.3 is 101 Å². The van der Waals surface area contributed by atoms with Gasteiger partial charge in [0.1, 0.15) is 54.3 Å². The maximum Gasteiger partial charge on any atom is 0.337 e. The highest BCUT2D eigenvalue weighted by atomic mass is 16.8. The van der Waals surface area contributed by atoms with Crippen LogP contribution in [0.4, 0.5) is 0 Å². The first kappa shape index (κ1) is 60.3. The van der Waals surface area contributed by atoms with Crippen molar-refractivity contribution >= 4 is 52.3 Å². The van der Waals surface area contributed by atoms with E-state index in [9.17, 15) is 64.8 Å². The number of aliphatic hydroxyl groups is 6. The lowest BCUT2D eigenvalue weighted by Crippen LogP contribution is -2.86. The van der Waals surface area contributed by atoms with Crippen LogP contribution >= 0.6 is 0 Å². The number of benzene rings is 3. The van der Waals surface area contributed by atoms with Gasteiger partial charge in [-0.25, -0.2) is 14.6 Å². The molecule has 2 saturated heterocycles. The maximum absolute atomic E-state index is 14.4. The summed E-state index contributed by atoms with van der Waals surface area (Å²) in [5.41, 5.74) is -0.598. The standard InChI is InChI=1S/C56H68N8O18/c1-31-21-32(2)23-35(22-31)46-44-34(12-18-60-44)26-64(46)82-48-51(79-39-10-11-40-42(24-39)78-28-41(47(40)72)33-6-8-38(70)9-7-33)80-52(54(76,29-68)56(48,77)43(71)5-3-19-65)55(30-69,81-50(75)45(49(73)74)59-15-4-20-66)63-53(57)62-37(27-67)25-61-36-13-16-58-17-14-36/h6-12,18,20-24,26-28,36-37,43,45,48,51-52,58-61,65,68-71,76-77H,3-5,13-17,19,25,29-30H2,1-2H3,(H,73,74)(H3,57,62,63)/t37-,43+,45+,48+,51-,52+,54-,55+,56-/m0/s1. The normalized spacial score (nSPS) is 22.4. The number of rotatable bonds is 26. The zero-order valence-electron chi connectivity index (χ0n) is 44.9. The number of nitrogens with two attached hydrogens (primary N) is 1. The maximum atomic E-state index is 14.4. The van der Waals surface area contributed by atoms with Crippen LogP contribution < -0.4 is 42.0 Å². The minimum Gasteiger partial charge on any atom is -0.508 e. The number of aromatic amines is 1. The Bertz CT molecular complexity index is 3290. The van der Waals surface area contributed by atoms with Crippen LogP contribution in [0.1, 0.15) is 43.2 Å². The molecule has 3 aromatic heterocycles. The molecule has 15 N–H and O–H groups in total. The molecule has 9 atom stereocenters. The van der Waals surface area contributed by atoms with Crippen LogP contribution in [0.25, 0.3) is 44.3 Å². The molecule has 0 amide bonds. The highest BCUT2D eigenvalue weighted by Gasteiger charge is 2.75. The Morgan fingerprint density at radius 1 is 1.01 bits per heavy atom. The molecule has 0 unspecified atom stereocenters. The van der Waals surface area contributed by atoms with E-state index >= 15 is 0 Å². The number of aliphatic imine (C=N–C) groups is 1. The summed E-state index contributed by atoms with van der Waals surface area (Å²) in [6.45, 7) is 0.788. The number of aromatic nitrogens is 2. The number of H-pyrrole nitrogens is 1. The molecule has 2 aliphatic rings. The molecule has 82 heavy (non-hydrogen) atoms. The summed E-state index contributed by atoms with van der Waals surface area (Å²) < 4.78 is 26.2. The molecule has 8 rings (SSSR count). The van der Waals surface area contributed by atoms with Gasteiger partial charge in [-0.1, -0.05) is 29.3 Å². The Hall–Kier alpha value is -7.76. The monoisotopic (exact) mass is 1140 g/mol. The average Bonchev–Trinajstić information content (AvgIpc) is 0.976. The van der Waals surface area contributed by atoms with Crippen molar-refractivity contribution < 1.29 is 83.5 Å². The molecule has 0 bridgehead atoms. The lowest BCUT2D eigenvalue weighted by atomic mass is 9.66. The van der Waals surface area contributed by atoms with Gasteiger partial charge in [-0.05, 0) is 101 Å². The topological polar surface area (TPSA) is 404 Å². The van der Waals surface area contributed by atoms with E-state index in [0.29, 0.717) is 66.2 Å². The van der Waals surface area contributed by atoms with Crippen LogP contribution in [0, 0.1) is 13.8 Å². The summed E-state index contributed by atoms with van der Waals surface area (Å²) in [6, 6.07) is 13.4. The molecule has 5 heterocycles. The zero-order valence-corrected chi connectivity index (χ0v) is 44.9. The van der Waals surface area contributed by atoms with Crippen molar-refractivity contribution in [3.63, 3.8) is 0 Å². The third-order valence-corrected chi connectivity index (χ3v) is 14.6. The van der Waals surface area contributed by atoms with E-state index in [1.54, 1.807) is 12.3 Å². The number of piperidine rings is 1. The van der Waals surface area contributed by atoms with Gasteiger partial charge in [0.25, 0.3) is 0 Å². The summed E-state index contributed by atoms with van der Waals surface area (Å²) in [4.78, 5) is 79.2. The lowest BCUT2D eigenvalue weighted by molar-refractivity contribution is -0.400. The average molecular weight is 1140 g/mol. The quantitative estimate of drug-likeness (QED) is 0.00625. The summed E-state index contributed by atoms with van der Waals surface area (Å²) in [7, 11) is 0. The number of nitrogens with zero attached hydrogens (tertiary/aromatic N) is 2. The number of hydrogen-bond acceptors (Lipinski definition) is 21.